The molecule has 1 saturated carbocycles. The van der Waals surface area contributed by atoms with E-state index >= 15 is 0 Å². The van der Waals surface area contributed by atoms with Gasteiger partial charge in [-0.15, -0.1) is 0 Å². The fourth-order valence-corrected chi connectivity index (χ4v) is 1.15. The molecule has 0 bridgehead atoms. The standard InChI is InChI=1S/C11H14N2O2/c14-11(13-12-10-6-7-10)15-8-9-4-2-1-3-5-9/h1-5,10,12H,6-8H2,(H,13,14). The number of hydrogen-bond acceptors (Lipinski definition) is 3. The van der Waals surface area contributed by atoms with E-state index in [4.69, 9.17) is 4.74 Å². The van der Waals surface area contributed by atoms with Crippen molar-refractivity contribution >= 4 is 6.09 Å². The third-order valence-corrected chi connectivity index (χ3v) is 2.17. The summed E-state index contributed by atoms with van der Waals surface area (Å²) in [5.41, 5.74) is 6.36. The molecule has 1 aromatic carbocycles. The lowest BCUT2D eigenvalue weighted by Crippen LogP contribution is -2.39. The number of hydrogen-bond donors (Lipinski definition) is 2. The fourth-order valence-electron chi connectivity index (χ4n) is 1.15. The Labute approximate surface area is 88.6 Å². The van der Waals surface area contributed by atoms with Gasteiger partial charge in [0.15, 0.2) is 0 Å². The number of rotatable bonds is 4. The summed E-state index contributed by atoms with van der Waals surface area (Å²) in [5.74, 6) is 0. The number of carbonyl (C=O) groups excluding carboxylic acids is 1. The van der Waals surface area contributed by atoms with Crippen LogP contribution < -0.4 is 10.9 Å². The molecule has 1 aliphatic carbocycles. The molecule has 1 amide bonds. The smallest absolute Gasteiger partial charge is 0.421 e. The lowest BCUT2D eigenvalue weighted by Gasteiger charge is -2.07. The van der Waals surface area contributed by atoms with Crippen molar-refractivity contribution in [2.75, 3.05) is 0 Å². The van der Waals surface area contributed by atoms with Gasteiger partial charge in [0, 0.05) is 6.04 Å². The normalized spacial score (nSPS) is 14.7. The Morgan fingerprint density at radius 2 is 2.07 bits per heavy atom. The van der Waals surface area contributed by atoms with Crippen LogP contribution in [0.3, 0.4) is 0 Å². The second-order valence-corrected chi connectivity index (χ2v) is 3.61. The highest BCUT2D eigenvalue weighted by molar-refractivity contribution is 5.66. The molecule has 0 spiro atoms. The predicted octanol–water partition coefficient (Wildman–Crippen LogP) is 1.58. The summed E-state index contributed by atoms with van der Waals surface area (Å²) in [6, 6.07) is 10.0. The van der Waals surface area contributed by atoms with Crippen LogP contribution in [-0.2, 0) is 11.3 Å². The zero-order chi connectivity index (χ0) is 10.5. The molecular formula is C11H14N2O2. The Morgan fingerprint density at radius 1 is 1.33 bits per heavy atom. The molecule has 0 atom stereocenters. The monoisotopic (exact) mass is 206 g/mol. The van der Waals surface area contributed by atoms with Gasteiger partial charge in [-0.3, -0.25) is 5.43 Å². The highest BCUT2D eigenvalue weighted by Gasteiger charge is 2.21. The van der Waals surface area contributed by atoms with Crippen molar-refractivity contribution < 1.29 is 9.53 Å². The minimum Gasteiger partial charge on any atom is -0.444 e. The zero-order valence-electron chi connectivity index (χ0n) is 8.40. The number of nitrogens with one attached hydrogen (secondary N) is 2. The van der Waals surface area contributed by atoms with Crippen LogP contribution in [0.25, 0.3) is 0 Å². The third-order valence-electron chi connectivity index (χ3n) is 2.17. The molecule has 4 nitrogen and oxygen atoms in total. The fraction of sp³-hybridized carbons (Fsp3) is 0.364. The lowest BCUT2D eigenvalue weighted by molar-refractivity contribution is 0.134. The largest absolute Gasteiger partial charge is 0.444 e. The molecule has 0 radical (unpaired) electrons. The summed E-state index contributed by atoms with van der Waals surface area (Å²) in [5, 5.41) is 0. The molecule has 0 aromatic heterocycles. The van der Waals surface area contributed by atoms with Gasteiger partial charge in [0.1, 0.15) is 6.61 Å². The molecule has 0 heterocycles. The van der Waals surface area contributed by atoms with E-state index in [9.17, 15) is 4.79 Å². The van der Waals surface area contributed by atoms with Crippen LogP contribution in [-0.4, -0.2) is 12.1 Å². The molecule has 1 aliphatic rings. The lowest BCUT2D eigenvalue weighted by atomic mass is 10.2. The Bertz CT molecular complexity index is 323. The molecule has 80 valence electrons. The van der Waals surface area contributed by atoms with E-state index in [1.54, 1.807) is 0 Å². The van der Waals surface area contributed by atoms with E-state index in [2.05, 4.69) is 10.9 Å². The number of carbonyl (C=O) groups is 1. The average molecular weight is 206 g/mol. The van der Waals surface area contributed by atoms with Gasteiger partial charge in [0.2, 0.25) is 0 Å². The van der Waals surface area contributed by atoms with Gasteiger partial charge in [-0.25, -0.2) is 10.2 Å². The number of benzene rings is 1. The zero-order valence-corrected chi connectivity index (χ0v) is 8.40. The van der Waals surface area contributed by atoms with Crippen molar-refractivity contribution in [3.05, 3.63) is 35.9 Å². The van der Waals surface area contributed by atoms with Crippen LogP contribution in [0.4, 0.5) is 4.79 Å². The van der Waals surface area contributed by atoms with Crippen LogP contribution in [0.2, 0.25) is 0 Å². The summed E-state index contributed by atoms with van der Waals surface area (Å²) in [6.45, 7) is 0.305. The van der Waals surface area contributed by atoms with Gasteiger partial charge < -0.3 is 4.74 Å². The first-order valence-corrected chi connectivity index (χ1v) is 5.07. The summed E-state index contributed by atoms with van der Waals surface area (Å²) in [6.07, 6.45) is 1.82. The summed E-state index contributed by atoms with van der Waals surface area (Å²) in [4.78, 5) is 11.2. The van der Waals surface area contributed by atoms with Crippen LogP contribution in [0.15, 0.2) is 30.3 Å². The van der Waals surface area contributed by atoms with Crippen LogP contribution >= 0.6 is 0 Å². The van der Waals surface area contributed by atoms with Gasteiger partial charge in [-0.05, 0) is 18.4 Å². The van der Waals surface area contributed by atoms with Crippen LogP contribution in [0.1, 0.15) is 18.4 Å². The Morgan fingerprint density at radius 3 is 2.73 bits per heavy atom. The van der Waals surface area contributed by atoms with Crippen LogP contribution in [0, 0.1) is 0 Å². The predicted molar refractivity (Wildman–Crippen MR) is 55.9 cm³/mol. The molecule has 0 unspecified atom stereocenters. The van der Waals surface area contributed by atoms with Crippen molar-refractivity contribution in [1.82, 2.24) is 10.9 Å². The first-order valence-electron chi connectivity index (χ1n) is 5.07. The molecule has 0 aliphatic heterocycles. The molecule has 15 heavy (non-hydrogen) atoms. The highest BCUT2D eigenvalue weighted by atomic mass is 16.6. The van der Waals surface area contributed by atoms with Crippen molar-refractivity contribution in [2.45, 2.75) is 25.5 Å². The number of ether oxygens (including phenoxy) is 1. The second kappa shape index (κ2) is 4.79. The van der Waals surface area contributed by atoms with Gasteiger partial charge in [0.25, 0.3) is 0 Å². The topological polar surface area (TPSA) is 50.4 Å². The third kappa shape index (κ3) is 3.59. The van der Waals surface area contributed by atoms with E-state index < -0.39 is 6.09 Å². The van der Waals surface area contributed by atoms with E-state index in [-0.39, 0.29) is 0 Å². The molecule has 1 fully saturated rings. The van der Waals surface area contributed by atoms with E-state index in [1.165, 1.54) is 0 Å². The first kappa shape index (κ1) is 9.98. The minimum absolute atomic E-state index is 0.305. The maximum Gasteiger partial charge on any atom is 0.421 e. The van der Waals surface area contributed by atoms with Crippen molar-refractivity contribution in [1.29, 1.82) is 0 Å². The SMILES string of the molecule is O=C(NNC1CC1)OCc1ccccc1. The van der Waals surface area contributed by atoms with E-state index in [1.807, 2.05) is 30.3 Å². The molecule has 2 rings (SSSR count). The number of amides is 1. The van der Waals surface area contributed by atoms with Crippen molar-refractivity contribution in [3.63, 3.8) is 0 Å². The second-order valence-electron chi connectivity index (χ2n) is 3.61. The summed E-state index contributed by atoms with van der Waals surface area (Å²) in [7, 11) is 0. The Hall–Kier alpha value is -1.55. The van der Waals surface area contributed by atoms with Gasteiger partial charge >= 0.3 is 6.09 Å². The molecule has 2 N–H and O–H groups in total. The first-order chi connectivity index (χ1) is 7.34. The van der Waals surface area contributed by atoms with Crippen molar-refractivity contribution in [3.8, 4) is 0 Å². The van der Waals surface area contributed by atoms with E-state index in [0.29, 0.717) is 12.6 Å². The molecule has 1 aromatic rings. The van der Waals surface area contributed by atoms with Crippen molar-refractivity contribution in [2.24, 2.45) is 0 Å². The van der Waals surface area contributed by atoms with Gasteiger partial charge in [-0.2, -0.15) is 0 Å². The maximum atomic E-state index is 11.2. The average Bonchev–Trinajstić information content (AvgIpc) is 3.09. The molecule has 0 saturated heterocycles. The molecule has 4 heteroatoms. The number of hydrazine groups is 1. The van der Waals surface area contributed by atoms with Gasteiger partial charge in [0.05, 0.1) is 0 Å². The maximum absolute atomic E-state index is 11.2. The van der Waals surface area contributed by atoms with Crippen LogP contribution in [0.5, 0.6) is 0 Å². The minimum atomic E-state index is -0.425. The Kier molecular flexibility index (Phi) is 3.19. The quantitative estimate of drug-likeness (QED) is 0.735. The molecular weight excluding hydrogens is 192 g/mol. The van der Waals surface area contributed by atoms with Gasteiger partial charge in [-0.1, -0.05) is 30.3 Å². The summed E-state index contributed by atoms with van der Waals surface area (Å²) < 4.78 is 4.99. The summed E-state index contributed by atoms with van der Waals surface area (Å²) >= 11 is 0. The van der Waals surface area contributed by atoms with E-state index in [0.717, 1.165) is 18.4 Å². The Balaban J connectivity index is 1.66. The highest BCUT2D eigenvalue weighted by Crippen LogP contribution is 2.17.